The van der Waals surface area contributed by atoms with Gasteiger partial charge in [0, 0.05) is 36.5 Å². The molecule has 0 aliphatic rings. The Labute approximate surface area is 163 Å². The van der Waals surface area contributed by atoms with Crippen molar-refractivity contribution < 1.29 is 4.79 Å². The topological polar surface area (TPSA) is 82.2 Å². The number of hydrogen-bond acceptors (Lipinski definition) is 4. The van der Waals surface area contributed by atoms with Crippen molar-refractivity contribution in [1.29, 1.82) is 5.41 Å². The van der Waals surface area contributed by atoms with Gasteiger partial charge < -0.3 is 21.4 Å². The van der Waals surface area contributed by atoms with Crippen LogP contribution in [0.25, 0.3) is 0 Å². The second kappa shape index (κ2) is 11.1. The lowest BCUT2D eigenvalue weighted by Crippen LogP contribution is -2.42. The number of likely N-dealkylation sites (N-methyl/N-ethyl adjacent to an activating group) is 1. The average Bonchev–Trinajstić information content (AvgIpc) is 2.63. The van der Waals surface area contributed by atoms with Gasteiger partial charge in [-0.2, -0.15) is 0 Å². The van der Waals surface area contributed by atoms with Crippen LogP contribution in [0.4, 0.5) is 5.69 Å². The number of benzene rings is 1. The van der Waals surface area contributed by atoms with Gasteiger partial charge in [-0.05, 0) is 49.7 Å². The number of nitrogens with one attached hydrogen (secondary N) is 2. The molecular formula is C22H32N4O. The van der Waals surface area contributed by atoms with Crippen LogP contribution in [0.2, 0.25) is 0 Å². The maximum Gasteiger partial charge on any atom is 0.220 e. The molecule has 0 saturated heterocycles. The monoisotopic (exact) mass is 368 g/mol. The van der Waals surface area contributed by atoms with Gasteiger partial charge >= 0.3 is 0 Å². The molecular weight excluding hydrogens is 336 g/mol. The van der Waals surface area contributed by atoms with Gasteiger partial charge in [0.05, 0.1) is 0 Å². The van der Waals surface area contributed by atoms with Gasteiger partial charge in [0.2, 0.25) is 5.91 Å². The van der Waals surface area contributed by atoms with E-state index in [4.69, 9.17) is 11.1 Å². The van der Waals surface area contributed by atoms with Crippen molar-refractivity contribution in [3.05, 3.63) is 66.3 Å². The zero-order valence-corrected chi connectivity index (χ0v) is 16.7. The number of hydrogen-bond donors (Lipinski definition) is 3. The van der Waals surface area contributed by atoms with Crippen LogP contribution in [0, 0.1) is 11.3 Å². The highest BCUT2D eigenvalue weighted by atomic mass is 16.1. The number of nitrogens with zero attached hydrogens (tertiary/aromatic N) is 1. The molecule has 1 amide bonds. The summed E-state index contributed by atoms with van der Waals surface area (Å²) in [6, 6.07) is 5.87. The number of amides is 1. The number of nitrogen functional groups attached to an aromatic ring is 1. The smallest absolute Gasteiger partial charge is 0.220 e. The molecule has 1 aromatic rings. The second-order valence-electron chi connectivity index (χ2n) is 6.94. The molecule has 27 heavy (non-hydrogen) atoms. The van der Waals surface area contributed by atoms with E-state index in [1.807, 2.05) is 45.3 Å². The minimum Gasteiger partial charge on any atom is -0.398 e. The molecule has 0 spiro atoms. The molecule has 1 rings (SSSR count). The third kappa shape index (κ3) is 7.23. The minimum atomic E-state index is 0.0173. The quantitative estimate of drug-likeness (QED) is 0.319. The van der Waals surface area contributed by atoms with Crippen LogP contribution in [0.1, 0.15) is 24.5 Å². The summed E-state index contributed by atoms with van der Waals surface area (Å²) in [6.45, 7) is 10.0. The highest BCUT2D eigenvalue weighted by molar-refractivity contribution is 5.85. The lowest BCUT2D eigenvalue weighted by Gasteiger charge is -2.25. The molecule has 0 aliphatic heterocycles. The van der Waals surface area contributed by atoms with Crippen molar-refractivity contribution in [1.82, 2.24) is 10.2 Å². The molecule has 4 N–H and O–H groups in total. The van der Waals surface area contributed by atoms with Crippen molar-refractivity contribution >= 4 is 17.8 Å². The summed E-state index contributed by atoms with van der Waals surface area (Å²) >= 11 is 0. The number of allylic oxidation sites excluding steroid dienone is 4. The van der Waals surface area contributed by atoms with Gasteiger partial charge in [-0.1, -0.05) is 44.4 Å². The molecule has 2 unspecified atom stereocenters. The van der Waals surface area contributed by atoms with Gasteiger partial charge in [0.15, 0.2) is 0 Å². The lowest BCUT2D eigenvalue weighted by molar-refractivity contribution is -0.121. The van der Waals surface area contributed by atoms with E-state index in [2.05, 4.69) is 23.4 Å². The number of carbonyl (C=O) groups is 1. The summed E-state index contributed by atoms with van der Waals surface area (Å²) in [5.74, 6) is 0.106. The molecule has 0 aromatic heterocycles. The third-order valence-corrected chi connectivity index (χ3v) is 4.65. The van der Waals surface area contributed by atoms with Crippen molar-refractivity contribution in [2.75, 3.05) is 26.4 Å². The Kier molecular flexibility index (Phi) is 9.23. The predicted molar refractivity (Wildman–Crippen MR) is 115 cm³/mol. The lowest BCUT2D eigenvalue weighted by atomic mass is 9.96. The molecule has 0 aliphatic carbocycles. The SMILES string of the molecule is C=C/C=C(\C=C)C(C)CC(=O)NCC(Cc1ccc(N)c(C=N)c1)N(C)C. The van der Waals surface area contributed by atoms with E-state index >= 15 is 0 Å². The van der Waals surface area contributed by atoms with E-state index < -0.39 is 0 Å². The Morgan fingerprint density at radius 2 is 2.07 bits per heavy atom. The van der Waals surface area contributed by atoms with Crippen LogP contribution < -0.4 is 11.1 Å². The summed E-state index contributed by atoms with van der Waals surface area (Å²) in [7, 11) is 3.99. The van der Waals surface area contributed by atoms with E-state index in [-0.39, 0.29) is 17.9 Å². The van der Waals surface area contributed by atoms with Gasteiger partial charge in [-0.3, -0.25) is 4.79 Å². The minimum absolute atomic E-state index is 0.0173. The van der Waals surface area contributed by atoms with E-state index in [1.165, 1.54) is 6.21 Å². The van der Waals surface area contributed by atoms with E-state index in [0.29, 0.717) is 24.2 Å². The largest absolute Gasteiger partial charge is 0.398 e. The van der Waals surface area contributed by atoms with Crippen LogP contribution >= 0.6 is 0 Å². The van der Waals surface area contributed by atoms with E-state index in [0.717, 1.165) is 17.6 Å². The Morgan fingerprint density at radius 3 is 2.63 bits per heavy atom. The molecule has 1 aromatic carbocycles. The fraction of sp³-hybridized carbons (Fsp3) is 0.364. The summed E-state index contributed by atoms with van der Waals surface area (Å²) in [6.07, 6.45) is 7.80. The van der Waals surface area contributed by atoms with Crippen LogP contribution in [0.3, 0.4) is 0 Å². The van der Waals surface area contributed by atoms with E-state index in [1.54, 1.807) is 12.2 Å². The molecule has 5 heteroatoms. The molecule has 0 radical (unpaired) electrons. The Morgan fingerprint density at radius 1 is 1.37 bits per heavy atom. The van der Waals surface area contributed by atoms with Crippen LogP contribution in [-0.4, -0.2) is 43.7 Å². The van der Waals surface area contributed by atoms with Crippen molar-refractivity contribution in [3.8, 4) is 0 Å². The van der Waals surface area contributed by atoms with Gasteiger partial charge in [0.25, 0.3) is 0 Å². The maximum absolute atomic E-state index is 12.3. The van der Waals surface area contributed by atoms with E-state index in [9.17, 15) is 4.79 Å². The summed E-state index contributed by atoms with van der Waals surface area (Å²) in [5.41, 5.74) is 9.27. The zero-order chi connectivity index (χ0) is 20.4. The molecule has 0 bridgehead atoms. The van der Waals surface area contributed by atoms with Gasteiger partial charge in [-0.25, -0.2) is 0 Å². The Bertz CT molecular complexity index is 706. The average molecular weight is 369 g/mol. The molecule has 2 atom stereocenters. The first-order chi connectivity index (χ1) is 12.8. The Hall–Kier alpha value is -2.66. The second-order valence-corrected chi connectivity index (χ2v) is 6.94. The molecule has 0 heterocycles. The zero-order valence-electron chi connectivity index (χ0n) is 16.7. The third-order valence-electron chi connectivity index (χ3n) is 4.65. The first kappa shape index (κ1) is 22.4. The maximum atomic E-state index is 12.3. The fourth-order valence-corrected chi connectivity index (χ4v) is 2.85. The number of rotatable bonds is 11. The number of anilines is 1. The van der Waals surface area contributed by atoms with Crippen LogP contribution in [0.5, 0.6) is 0 Å². The number of carbonyl (C=O) groups excluding carboxylic acids is 1. The summed E-state index contributed by atoms with van der Waals surface area (Å²) in [4.78, 5) is 14.4. The number of nitrogens with two attached hydrogens (primary N) is 1. The first-order valence-electron chi connectivity index (χ1n) is 9.09. The molecule has 0 fully saturated rings. The van der Waals surface area contributed by atoms with Crippen molar-refractivity contribution in [3.63, 3.8) is 0 Å². The predicted octanol–water partition coefficient (Wildman–Crippen LogP) is 3.18. The summed E-state index contributed by atoms with van der Waals surface area (Å²) < 4.78 is 0. The first-order valence-corrected chi connectivity index (χ1v) is 9.09. The van der Waals surface area contributed by atoms with Crippen LogP contribution in [-0.2, 0) is 11.2 Å². The highest BCUT2D eigenvalue weighted by Crippen LogP contribution is 2.16. The molecule has 0 saturated carbocycles. The van der Waals surface area contributed by atoms with Gasteiger partial charge in [0.1, 0.15) is 0 Å². The summed E-state index contributed by atoms with van der Waals surface area (Å²) in [5, 5.41) is 10.5. The Balaban J connectivity index is 2.69. The molecule has 146 valence electrons. The van der Waals surface area contributed by atoms with Gasteiger partial charge in [-0.15, -0.1) is 0 Å². The van der Waals surface area contributed by atoms with Crippen molar-refractivity contribution in [2.45, 2.75) is 25.8 Å². The van der Waals surface area contributed by atoms with Crippen molar-refractivity contribution in [2.24, 2.45) is 5.92 Å². The highest BCUT2D eigenvalue weighted by Gasteiger charge is 2.16. The fourth-order valence-electron chi connectivity index (χ4n) is 2.85. The molecule has 5 nitrogen and oxygen atoms in total. The standard InChI is InChI=1S/C22H32N4O/c1-6-8-18(7-2)16(3)11-22(27)25-15-20(26(4)5)13-17-9-10-21(24)19(12-17)14-23/h6-10,12,14,16,20,23H,1-2,11,13,15,24H2,3-5H3,(H,25,27)/b18-8+,23-14?. The normalized spacial score (nSPS) is 13.7. The van der Waals surface area contributed by atoms with Crippen LogP contribution in [0.15, 0.2) is 55.2 Å².